The summed E-state index contributed by atoms with van der Waals surface area (Å²) >= 11 is 11.0. The summed E-state index contributed by atoms with van der Waals surface area (Å²) in [6, 6.07) is 12.9. The Labute approximate surface area is 182 Å². The number of carbonyl (C=O) groups excluding carboxylic acids is 1. The number of rotatable bonds is 6. The molecular weight excluding hydrogens is 469 g/mol. The number of thiazole rings is 1. The largest absolute Gasteiger partial charge is 0.309 e. The van der Waals surface area contributed by atoms with Crippen LogP contribution in [-0.4, -0.2) is 43.0 Å². The molecule has 0 saturated carbocycles. The molecule has 0 fully saturated rings. The molecule has 3 rings (SSSR count). The molecule has 0 aliphatic rings. The Morgan fingerprint density at radius 2 is 1.85 bits per heavy atom. The third kappa shape index (κ3) is 5.65. The monoisotopic (exact) mass is 487 g/mol. The molecule has 0 spiro atoms. The van der Waals surface area contributed by atoms with Crippen molar-refractivity contribution in [3.8, 4) is 0 Å². The zero-order chi connectivity index (χ0) is 18.7. The lowest BCUT2D eigenvalue weighted by molar-refractivity contribution is 0.0986. The average molecular weight is 489 g/mol. The Kier molecular flexibility index (Phi) is 8.06. The highest BCUT2D eigenvalue weighted by atomic mass is 79.9. The van der Waals surface area contributed by atoms with Crippen LogP contribution in [0.1, 0.15) is 16.8 Å². The third-order valence-electron chi connectivity index (χ3n) is 3.89. The van der Waals surface area contributed by atoms with Crippen molar-refractivity contribution in [1.29, 1.82) is 0 Å². The lowest BCUT2D eigenvalue weighted by Gasteiger charge is -2.21. The van der Waals surface area contributed by atoms with Gasteiger partial charge in [-0.1, -0.05) is 38.9 Å². The van der Waals surface area contributed by atoms with Crippen molar-refractivity contribution < 1.29 is 4.79 Å². The minimum absolute atomic E-state index is 0. The van der Waals surface area contributed by atoms with Crippen LogP contribution in [-0.2, 0) is 0 Å². The van der Waals surface area contributed by atoms with Gasteiger partial charge in [0.2, 0.25) is 0 Å². The van der Waals surface area contributed by atoms with Crippen LogP contribution in [0.15, 0.2) is 46.9 Å². The quantitative estimate of drug-likeness (QED) is 0.444. The minimum Gasteiger partial charge on any atom is -0.309 e. The lowest BCUT2D eigenvalue weighted by Crippen LogP contribution is -2.33. The first-order valence-corrected chi connectivity index (χ1v) is 10.2. The maximum absolute atomic E-state index is 13.1. The number of nitrogens with zero attached hydrogens (tertiary/aromatic N) is 3. The number of carbonyl (C=O) groups is 1. The molecule has 1 heterocycles. The number of benzene rings is 2. The van der Waals surface area contributed by atoms with Gasteiger partial charge in [-0.25, -0.2) is 4.98 Å². The molecule has 0 aliphatic carbocycles. The van der Waals surface area contributed by atoms with Crippen LogP contribution in [0.4, 0.5) is 5.13 Å². The second-order valence-electron chi connectivity index (χ2n) is 6.23. The maximum atomic E-state index is 13.1. The summed E-state index contributed by atoms with van der Waals surface area (Å²) in [7, 11) is 4.06. The molecule has 27 heavy (non-hydrogen) atoms. The molecule has 1 amide bonds. The van der Waals surface area contributed by atoms with Crippen molar-refractivity contribution in [2.45, 2.75) is 6.42 Å². The van der Waals surface area contributed by atoms with E-state index in [1.165, 1.54) is 11.3 Å². The fourth-order valence-electron chi connectivity index (χ4n) is 2.58. The van der Waals surface area contributed by atoms with Crippen LogP contribution in [0, 0.1) is 0 Å². The SMILES string of the molecule is CN(C)CCCN(C(=O)c1ccc(Cl)cc1)c1nc2ccc(Br)cc2s1.Cl. The second-order valence-corrected chi connectivity index (χ2v) is 8.59. The van der Waals surface area contributed by atoms with Crippen molar-refractivity contribution >= 4 is 72.5 Å². The summed E-state index contributed by atoms with van der Waals surface area (Å²) < 4.78 is 2.05. The molecule has 0 bridgehead atoms. The van der Waals surface area contributed by atoms with Crippen molar-refractivity contribution in [2.24, 2.45) is 0 Å². The van der Waals surface area contributed by atoms with Gasteiger partial charge in [-0.2, -0.15) is 0 Å². The van der Waals surface area contributed by atoms with E-state index in [0.29, 0.717) is 17.1 Å². The summed E-state index contributed by atoms with van der Waals surface area (Å²) in [5.41, 5.74) is 1.51. The van der Waals surface area contributed by atoms with Gasteiger partial charge >= 0.3 is 0 Å². The Hall–Kier alpha value is -1.18. The molecule has 0 N–H and O–H groups in total. The summed E-state index contributed by atoms with van der Waals surface area (Å²) in [5, 5.41) is 1.34. The van der Waals surface area contributed by atoms with E-state index in [4.69, 9.17) is 11.6 Å². The van der Waals surface area contributed by atoms with E-state index in [2.05, 4.69) is 25.8 Å². The highest BCUT2D eigenvalue weighted by Crippen LogP contribution is 2.31. The molecule has 0 radical (unpaired) electrons. The van der Waals surface area contributed by atoms with E-state index in [-0.39, 0.29) is 18.3 Å². The van der Waals surface area contributed by atoms with Crippen molar-refractivity contribution in [1.82, 2.24) is 9.88 Å². The Bertz CT molecular complexity index is 915. The van der Waals surface area contributed by atoms with Gasteiger partial charge in [0.1, 0.15) is 0 Å². The molecule has 0 unspecified atom stereocenters. The summed E-state index contributed by atoms with van der Waals surface area (Å²) in [5.74, 6) is -0.0569. The summed E-state index contributed by atoms with van der Waals surface area (Å²) in [6.45, 7) is 1.52. The smallest absolute Gasteiger partial charge is 0.260 e. The molecule has 144 valence electrons. The van der Waals surface area contributed by atoms with Crippen LogP contribution in [0.2, 0.25) is 5.02 Å². The van der Waals surface area contributed by atoms with Gasteiger partial charge < -0.3 is 4.90 Å². The summed E-state index contributed by atoms with van der Waals surface area (Å²) in [6.07, 6.45) is 0.867. The van der Waals surface area contributed by atoms with Gasteiger partial charge in [0.05, 0.1) is 10.2 Å². The number of halogens is 3. The molecule has 0 aliphatic heterocycles. The minimum atomic E-state index is -0.0569. The highest BCUT2D eigenvalue weighted by Gasteiger charge is 2.21. The van der Waals surface area contributed by atoms with Gasteiger partial charge in [-0.15, -0.1) is 12.4 Å². The Morgan fingerprint density at radius 1 is 1.15 bits per heavy atom. The number of anilines is 1. The number of fused-ring (bicyclic) bond motifs is 1. The molecule has 3 aromatic rings. The van der Waals surface area contributed by atoms with Gasteiger partial charge in [-0.05, 0) is 69.5 Å². The lowest BCUT2D eigenvalue weighted by atomic mass is 10.2. The van der Waals surface area contributed by atoms with E-state index < -0.39 is 0 Å². The van der Waals surface area contributed by atoms with Gasteiger partial charge in [-0.3, -0.25) is 9.69 Å². The van der Waals surface area contributed by atoms with E-state index in [1.54, 1.807) is 29.2 Å². The zero-order valence-electron chi connectivity index (χ0n) is 15.0. The topological polar surface area (TPSA) is 36.4 Å². The van der Waals surface area contributed by atoms with Crippen LogP contribution >= 0.6 is 51.3 Å². The standard InChI is InChI=1S/C19H19BrClN3OS.ClH/c1-23(2)10-3-11-24(18(25)13-4-7-15(21)8-5-13)19-22-16-9-6-14(20)12-17(16)26-19;/h4-9,12H,3,10-11H2,1-2H3;1H. The van der Waals surface area contributed by atoms with Crippen LogP contribution in [0.25, 0.3) is 10.2 Å². The zero-order valence-corrected chi connectivity index (χ0v) is 19.0. The van der Waals surface area contributed by atoms with Gasteiger partial charge in [0, 0.05) is 21.6 Å². The van der Waals surface area contributed by atoms with Crippen LogP contribution in [0.5, 0.6) is 0 Å². The number of hydrogen-bond acceptors (Lipinski definition) is 4. The Balaban J connectivity index is 0.00000261. The number of amides is 1. The molecule has 4 nitrogen and oxygen atoms in total. The van der Waals surface area contributed by atoms with E-state index in [1.807, 2.05) is 32.3 Å². The average Bonchev–Trinajstić information content (AvgIpc) is 3.01. The normalized spacial score (nSPS) is 10.9. The fourth-order valence-corrected chi connectivity index (χ4v) is 4.25. The maximum Gasteiger partial charge on any atom is 0.260 e. The van der Waals surface area contributed by atoms with E-state index in [0.717, 1.165) is 32.8 Å². The first-order chi connectivity index (χ1) is 12.4. The van der Waals surface area contributed by atoms with Gasteiger partial charge in [0.15, 0.2) is 5.13 Å². The number of hydrogen-bond donors (Lipinski definition) is 0. The van der Waals surface area contributed by atoms with Gasteiger partial charge in [0.25, 0.3) is 5.91 Å². The third-order valence-corrected chi connectivity index (χ3v) is 5.68. The van der Waals surface area contributed by atoms with Crippen LogP contribution in [0.3, 0.4) is 0 Å². The number of aromatic nitrogens is 1. The predicted molar refractivity (Wildman–Crippen MR) is 121 cm³/mol. The van der Waals surface area contributed by atoms with Crippen molar-refractivity contribution in [3.05, 3.63) is 57.5 Å². The Morgan fingerprint density at radius 3 is 2.52 bits per heavy atom. The first kappa shape index (κ1) is 22.1. The molecule has 1 aromatic heterocycles. The van der Waals surface area contributed by atoms with Crippen molar-refractivity contribution in [2.75, 3.05) is 32.1 Å². The first-order valence-electron chi connectivity index (χ1n) is 8.22. The molecule has 2 aromatic carbocycles. The molecular formula is C19H20BrCl2N3OS. The van der Waals surface area contributed by atoms with E-state index >= 15 is 0 Å². The molecule has 0 atom stereocenters. The van der Waals surface area contributed by atoms with Crippen molar-refractivity contribution in [3.63, 3.8) is 0 Å². The molecule has 0 saturated heterocycles. The fraction of sp³-hybridized carbons (Fsp3) is 0.263. The van der Waals surface area contributed by atoms with E-state index in [9.17, 15) is 4.79 Å². The molecule has 8 heteroatoms. The summed E-state index contributed by atoms with van der Waals surface area (Å²) in [4.78, 5) is 21.7. The second kappa shape index (κ2) is 9.85. The highest BCUT2D eigenvalue weighted by molar-refractivity contribution is 9.10. The predicted octanol–water partition coefficient (Wildman–Crippen LogP) is 5.73. The van der Waals surface area contributed by atoms with Crippen LogP contribution < -0.4 is 4.90 Å².